The molecule has 1 aromatic heterocycles. The summed E-state index contributed by atoms with van der Waals surface area (Å²) >= 11 is 1.55. The van der Waals surface area contributed by atoms with Crippen molar-refractivity contribution in [2.24, 2.45) is 0 Å². The van der Waals surface area contributed by atoms with E-state index in [0.29, 0.717) is 11.7 Å². The van der Waals surface area contributed by atoms with Crippen LogP contribution in [0.1, 0.15) is 63.1 Å². The Hall–Kier alpha value is -0.840. The molecule has 5 heteroatoms. The van der Waals surface area contributed by atoms with Crippen LogP contribution in [0.25, 0.3) is 0 Å². The molecule has 1 atom stereocenters. The van der Waals surface area contributed by atoms with E-state index in [4.69, 9.17) is 0 Å². The summed E-state index contributed by atoms with van der Waals surface area (Å²) < 4.78 is 0. The first-order valence-corrected chi connectivity index (χ1v) is 7.82. The van der Waals surface area contributed by atoms with E-state index in [1.165, 1.54) is 25.7 Å². The summed E-state index contributed by atoms with van der Waals surface area (Å²) in [4.78, 5) is 16.3. The van der Waals surface area contributed by atoms with Gasteiger partial charge < -0.3 is 0 Å². The molecule has 0 aliphatic heterocycles. The van der Waals surface area contributed by atoms with Gasteiger partial charge in [-0.1, -0.05) is 31.0 Å². The van der Waals surface area contributed by atoms with Gasteiger partial charge in [-0.05, 0) is 25.7 Å². The fraction of sp³-hybridized carbons (Fsp3) is 0.769. The van der Waals surface area contributed by atoms with Crippen LogP contribution in [-0.2, 0) is 4.79 Å². The highest BCUT2D eigenvalue weighted by atomic mass is 32.2. The van der Waals surface area contributed by atoms with Crippen molar-refractivity contribution in [1.29, 1.82) is 0 Å². The lowest BCUT2D eigenvalue weighted by Crippen LogP contribution is -2.21. The molecule has 1 aromatic rings. The normalized spacial score (nSPS) is 25.8. The molecule has 0 saturated heterocycles. The summed E-state index contributed by atoms with van der Waals surface area (Å²) in [6, 6.07) is 0. The largest absolute Gasteiger partial charge is 0.298 e. The van der Waals surface area contributed by atoms with Crippen LogP contribution in [0.4, 0.5) is 0 Å². The predicted octanol–water partition coefficient (Wildman–Crippen LogP) is 3.07. The summed E-state index contributed by atoms with van der Waals surface area (Å²) in [7, 11) is 0. The van der Waals surface area contributed by atoms with Crippen LogP contribution in [0.5, 0.6) is 0 Å². The maximum Gasteiger partial charge on any atom is 0.209 e. The summed E-state index contributed by atoms with van der Waals surface area (Å²) in [5, 5.41) is 8.17. The number of ketones is 1. The lowest BCUT2D eigenvalue weighted by atomic mass is 9.99. The number of aromatic nitrogens is 3. The molecule has 98 valence electrons. The number of hydrogen-bond donors (Lipinski definition) is 1. The Morgan fingerprint density at radius 2 is 1.89 bits per heavy atom. The molecule has 4 nitrogen and oxygen atoms in total. The molecule has 2 aliphatic carbocycles. The number of thioether (sulfide) groups is 1. The number of nitrogens with one attached hydrogen (secondary N) is 1. The fourth-order valence-electron chi connectivity index (χ4n) is 2.90. The Labute approximate surface area is 111 Å². The number of carbonyl (C=O) groups is 1. The quantitative estimate of drug-likeness (QED) is 0.912. The standard InChI is InChI=1S/C13H19N3OS/c17-10-7-3-4-8-11(10)18-13-14-12(15-16-13)9-5-1-2-6-9/h9,11H,1-8H2,(H,14,15,16)/t11-/m0/s1. The number of carbonyl (C=O) groups excluding carboxylic acids is 1. The van der Waals surface area contributed by atoms with Gasteiger partial charge >= 0.3 is 0 Å². The van der Waals surface area contributed by atoms with Crippen molar-refractivity contribution in [3.63, 3.8) is 0 Å². The number of rotatable bonds is 3. The molecule has 1 N–H and O–H groups in total. The van der Waals surface area contributed by atoms with Crippen LogP contribution in [0.15, 0.2) is 5.16 Å². The lowest BCUT2D eigenvalue weighted by Gasteiger charge is -2.17. The van der Waals surface area contributed by atoms with Crippen molar-refractivity contribution >= 4 is 17.5 Å². The molecular formula is C13H19N3OS. The molecule has 0 unspecified atom stereocenters. The Balaban J connectivity index is 1.64. The van der Waals surface area contributed by atoms with E-state index < -0.39 is 0 Å². The average molecular weight is 265 g/mol. The van der Waals surface area contributed by atoms with Gasteiger partial charge in [0.15, 0.2) is 0 Å². The third kappa shape index (κ3) is 2.60. The van der Waals surface area contributed by atoms with E-state index in [1.54, 1.807) is 11.8 Å². The van der Waals surface area contributed by atoms with Gasteiger partial charge in [-0.25, -0.2) is 4.98 Å². The van der Waals surface area contributed by atoms with Crippen LogP contribution in [-0.4, -0.2) is 26.2 Å². The van der Waals surface area contributed by atoms with Crippen molar-refractivity contribution in [3.8, 4) is 0 Å². The second-order valence-corrected chi connectivity index (χ2v) is 6.47. The van der Waals surface area contributed by atoms with Crippen molar-refractivity contribution in [2.75, 3.05) is 0 Å². The summed E-state index contributed by atoms with van der Waals surface area (Å²) in [5.74, 6) is 1.96. The number of H-pyrrole nitrogens is 1. The van der Waals surface area contributed by atoms with Gasteiger partial charge in [0.1, 0.15) is 11.6 Å². The number of Topliss-reactive ketones (excluding diaryl/α,β-unsaturated/α-hetero) is 1. The van der Waals surface area contributed by atoms with Gasteiger partial charge in [0.2, 0.25) is 5.16 Å². The molecule has 0 aromatic carbocycles. The maximum absolute atomic E-state index is 11.8. The zero-order valence-corrected chi connectivity index (χ0v) is 11.3. The molecular weight excluding hydrogens is 246 g/mol. The molecule has 2 saturated carbocycles. The van der Waals surface area contributed by atoms with E-state index in [1.807, 2.05) is 0 Å². The first kappa shape index (κ1) is 12.2. The van der Waals surface area contributed by atoms with Crippen LogP contribution in [0, 0.1) is 0 Å². The minimum Gasteiger partial charge on any atom is -0.298 e. The minimum absolute atomic E-state index is 0.0889. The highest BCUT2D eigenvalue weighted by molar-refractivity contribution is 8.00. The van der Waals surface area contributed by atoms with E-state index in [0.717, 1.165) is 36.7 Å². The molecule has 1 heterocycles. The highest BCUT2D eigenvalue weighted by Gasteiger charge is 2.26. The highest BCUT2D eigenvalue weighted by Crippen LogP contribution is 2.34. The predicted molar refractivity (Wildman–Crippen MR) is 70.7 cm³/mol. The topological polar surface area (TPSA) is 58.6 Å². The maximum atomic E-state index is 11.8. The van der Waals surface area contributed by atoms with Crippen molar-refractivity contribution in [1.82, 2.24) is 15.2 Å². The first-order valence-electron chi connectivity index (χ1n) is 6.94. The number of aromatic amines is 1. The van der Waals surface area contributed by atoms with Gasteiger partial charge in [-0.2, -0.15) is 0 Å². The molecule has 0 spiro atoms. The van der Waals surface area contributed by atoms with E-state index in [2.05, 4.69) is 15.2 Å². The van der Waals surface area contributed by atoms with E-state index in [9.17, 15) is 4.79 Å². The molecule has 3 rings (SSSR count). The average Bonchev–Trinajstić information content (AvgIpc) is 3.02. The Kier molecular flexibility index (Phi) is 3.68. The second-order valence-electron chi connectivity index (χ2n) is 5.30. The lowest BCUT2D eigenvalue weighted by molar-refractivity contribution is -0.119. The van der Waals surface area contributed by atoms with Gasteiger partial charge in [0.05, 0.1) is 5.25 Å². The van der Waals surface area contributed by atoms with E-state index >= 15 is 0 Å². The molecule has 2 fully saturated rings. The third-order valence-electron chi connectivity index (χ3n) is 3.97. The van der Waals surface area contributed by atoms with Crippen molar-refractivity contribution < 1.29 is 4.79 Å². The summed E-state index contributed by atoms with van der Waals surface area (Å²) in [5.41, 5.74) is 0. The van der Waals surface area contributed by atoms with Crippen molar-refractivity contribution in [2.45, 2.75) is 67.7 Å². The molecule has 2 aliphatic rings. The zero-order chi connectivity index (χ0) is 12.4. The van der Waals surface area contributed by atoms with Crippen LogP contribution >= 0.6 is 11.8 Å². The second kappa shape index (κ2) is 5.43. The smallest absolute Gasteiger partial charge is 0.209 e. The summed E-state index contributed by atoms with van der Waals surface area (Å²) in [6.07, 6.45) is 8.97. The van der Waals surface area contributed by atoms with Gasteiger partial charge in [0.25, 0.3) is 0 Å². The molecule has 18 heavy (non-hydrogen) atoms. The zero-order valence-electron chi connectivity index (χ0n) is 10.5. The Morgan fingerprint density at radius 1 is 1.11 bits per heavy atom. The van der Waals surface area contributed by atoms with E-state index in [-0.39, 0.29) is 5.25 Å². The fourth-order valence-corrected chi connectivity index (χ4v) is 3.93. The van der Waals surface area contributed by atoms with Gasteiger partial charge in [-0.15, -0.1) is 5.10 Å². The molecule has 0 radical (unpaired) electrons. The van der Waals surface area contributed by atoms with Gasteiger partial charge in [0, 0.05) is 12.3 Å². The Morgan fingerprint density at radius 3 is 2.67 bits per heavy atom. The third-order valence-corrected chi connectivity index (χ3v) is 5.15. The van der Waals surface area contributed by atoms with Gasteiger partial charge in [-0.3, -0.25) is 9.89 Å². The van der Waals surface area contributed by atoms with Crippen LogP contribution < -0.4 is 0 Å². The number of nitrogens with zero attached hydrogens (tertiary/aromatic N) is 2. The minimum atomic E-state index is 0.0889. The molecule has 0 bridgehead atoms. The summed E-state index contributed by atoms with van der Waals surface area (Å²) in [6.45, 7) is 0. The SMILES string of the molecule is O=C1CCCC[C@@H]1Sc1n[nH]c(C2CCCC2)n1. The molecule has 0 amide bonds. The Bertz CT molecular complexity index is 426. The first-order chi connectivity index (χ1) is 8.83. The van der Waals surface area contributed by atoms with Crippen molar-refractivity contribution in [3.05, 3.63) is 5.82 Å². The number of hydrogen-bond acceptors (Lipinski definition) is 4. The van der Waals surface area contributed by atoms with Crippen LogP contribution in [0.2, 0.25) is 0 Å². The monoisotopic (exact) mass is 265 g/mol. The van der Waals surface area contributed by atoms with Crippen LogP contribution in [0.3, 0.4) is 0 Å².